The number of esters is 1. The van der Waals surface area contributed by atoms with Gasteiger partial charge in [-0.25, -0.2) is 4.79 Å². The Labute approximate surface area is 213 Å². The zero-order chi connectivity index (χ0) is 25.9. The van der Waals surface area contributed by atoms with E-state index >= 15 is 0 Å². The van der Waals surface area contributed by atoms with Crippen LogP contribution in [0, 0.1) is 11.8 Å². The Morgan fingerprint density at radius 3 is 2.57 bits per heavy atom. The molecule has 3 aromatic rings. The molecule has 3 atom stereocenters. The summed E-state index contributed by atoms with van der Waals surface area (Å²) < 4.78 is 10.8. The minimum atomic E-state index is -1.38. The molecule has 0 unspecified atom stereocenters. The Balaban J connectivity index is 1.50. The Kier molecular flexibility index (Phi) is 5.44. The van der Waals surface area contributed by atoms with Crippen molar-refractivity contribution in [1.82, 2.24) is 4.90 Å². The van der Waals surface area contributed by atoms with Crippen LogP contribution in [0.4, 0.5) is 5.69 Å². The summed E-state index contributed by atoms with van der Waals surface area (Å²) in [5, 5.41) is 0.601. The molecule has 1 aromatic heterocycles. The fourth-order valence-corrected chi connectivity index (χ4v) is 6.05. The van der Waals surface area contributed by atoms with Crippen molar-refractivity contribution in [3.05, 3.63) is 76.1 Å². The molecule has 3 heterocycles. The summed E-state index contributed by atoms with van der Waals surface area (Å²) in [4.78, 5) is 57.6. The molecule has 0 N–H and O–H groups in total. The number of hydrogen-bond acceptors (Lipinski definition) is 6. The summed E-state index contributed by atoms with van der Waals surface area (Å²) in [7, 11) is 0. The fourth-order valence-electron chi connectivity index (χ4n) is 6.05. The second-order valence-electron chi connectivity index (χ2n) is 10.3. The highest BCUT2D eigenvalue weighted by Crippen LogP contribution is 2.54. The number of carbonyl (C=O) groups is 3. The second kappa shape index (κ2) is 8.57. The molecular weight excluding hydrogens is 472 g/mol. The van der Waals surface area contributed by atoms with Crippen LogP contribution < -0.4 is 10.5 Å². The average molecular weight is 501 g/mol. The minimum Gasteiger partial charge on any atom is -0.466 e. The third-order valence-electron chi connectivity index (χ3n) is 8.03. The number of amides is 2. The number of fused-ring (bicyclic) bond motifs is 4. The van der Waals surface area contributed by atoms with Gasteiger partial charge in [0.25, 0.3) is 11.8 Å². The number of likely N-dealkylation sites (tertiary alicyclic amines) is 1. The largest absolute Gasteiger partial charge is 0.466 e. The van der Waals surface area contributed by atoms with Gasteiger partial charge in [0, 0.05) is 30.1 Å². The van der Waals surface area contributed by atoms with Gasteiger partial charge in [-0.05, 0) is 56.4 Å². The number of anilines is 1. The first-order valence-electron chi connectivity index (χ1n) is 12.8. The van der Waals surface area contributed by atoms with Gasteiger partial charge in [0.1, 0.15) is 16.7 Å². The van der Waals surface area contributed by atoms with Crippen LogP contribution in [0.1, 0.15) is 48.5 Å². The summed E-state index contributed by atoms with van der Waals surface area (Å²) in [6, 6.07) is 16.0. The number of rotatable bonds is 5. The van der Waals surface area contributed by atoms with E-state index in [-0.39, 0.29) is 24.6 Å². The third kappa shape index (κ3) is 3.57. The molecule has 1 saturated heterocycles. The summed E-state index contributed by atoms with van der Waals surface area (Å²) in [6.07, 6.45) is 2.11. The van der Waals surface area contributed by atoms with Crippen LogP contribution in [0.15, 0.2) is 63.8 Å². The first-order chi connectivity index (χ1) is 17.8. The van der Waals surface area contributed by atoms with E-state index in [0.29, 0.717) is 23.4 Å². The van der Waals surface area contributed by atoms with Crippen LogP contribution in [0.2, 0.25) is 0 Å². The van der Waals surface area contributed by atoms with E-state index in [0.717, 1.165) is 24.1 Å². The number of carbonyl (C=O) groups excluding carboxylic acids is 3. The maximum atomic E-state index is 14.3. The molecule has 2 fully saturated rings. The molecule has 2 aliphatic heterocycles. The van der Waals surface area contributed by atoms with Crippen molar-refractivity contribution in [2.45, 2.75) is 38.1 Å². The lowest BCUT2D eigenvalue weighted by Crippen LogP contribution is -2.62. The van der Waals surface area contributed by atoms with Gasteiger partial charge < -0.3 is 19.0 Å². The predicted octanol–water partition coefficient (Wildman–Crippen LogP) is 3.73. The van der Waals surface area contributed by atoms with Gasteiger partial charge in [-0.2, -0.15) is 0 Å². The van der Waals surface area contributed by atoms with E-state index in [2.05, 4.69) is 0 Å². The number of ether oxygens (including phenoxy) is 1. The molecule has 37 heavy (non-hydrogen) atoms. The number of para-hydroxylation sites is 2. The molecule has 8 heteroatoms. The van der Waals surface area contributed by atoms with Crippen LogP contribution in [-0.4, -0.2) is 47.9 Å². The zero-order valence-corrected chi connectivity index (χ0v) is 20.8. The monoisotopic (exact) mass is 500 g/mol. The van der Waals surface area contributed by atoms with Gasteiger partial charge in [-0.3, -0.25) is 14.4 Å². The Hall–Kier alpha value is -3.94. The third-order valence-corrected chi connectivity index (χ3v) is 8.03. The van der Waals surface area contributed by atoms with E-state index in [1.165, 1.54) is 11.0 Å². The lowest BCUT2D eigenvalue weighted by Gasteiger charge is -2.46. The van der Waals surface area contributed by atoms with Crippen molar-refractivity contribution in [3.8, 4) is 0 Å². The van der Waals surface area contributed by atoms with E-state index < -0.39 is 34.9 Å². The normalized spacial score (nSPS) is 24.6. The minimum absolute atomic E-state index is 0.0392. The molecule has 8 nitrogen and oxygen atoms in total. The highest BCUT2D eigenvalue weighted by atomic mass is 16.5. The van der Waals surface area contributed by atoms with Gasteiger partial charge in [-0.15, -0.1) is 0 Å². The first kappa shape index (κ1) is 23.5. The van der Waals surface area contributed by atoms with E-state index in [1.807, 2.05) is 24.3 Å². The van der Waals surface area contributed by atoms with Crippen LogP contribution in [0.5, 0.6) is 0 Å². The van der Waals surface area contributed by atoms with Crippen molar-refractivity contribution in [2.24, 2.45) is 11.8 Å². The molecule has 0 radical (unpaired) electrons. The van der Waals surface area contributed by atoms with Crippen molar-refractivity contribution in [3.63, 3.8) is 0 Å². The van der Waals surface area contributed by atoms with E-state index in [4.69, 9.17) is 9.15 Å². The van der Waals surface area contributed by atoms with Gasteiger partial charge in [0.05, 0.1) is 12.5 Å². The molecule has 0 spiro atoms. The summed E-state index contributed by atoms with van der Waals surface area (Å²) in [6.45, 7) is 4.15. The average Bonchev–Trinajstić information content (AvgIpc) is 3.66. The Morgan fingerprint density at radius 2 is 1.81 bits per heavy atom. The molecule has 1 aliphatic carbocycles. The van der Waals surface area contributed by atoms with Crippen molar-refractivity contribution in [1.29, 1.82) is 0 Å². The maximum Gasteiger partial charge on any atom is 0.349 e. The standard InChI is InChI=1S/C29H28N2O6/c1-3-36-26(33)21-16-31(25(32)20-14-18-8-4-7-11-23(18)37-27(20)34)29(2)24(21)19-9-5-6-10-22(19)30(28(29)35)15-17-12-13-17/h4-11,14,17,21,24H,3,12-13,15-16H2,1-2H3/t21-,24+,29-/m0/s1. The molecule has 190 valence electrons. The van der Waals surface area contributed by atoms with Gasteiger partial charge >= 0.3 is 11.6 Å². The molecular formula is C29H28N2O6. The Morgan fingerprint density at radius 1 is 1.08 bits per heavy atom. The predicted molar refractivity (Wildman–Crippen MR) is 136 cm³/mol. The number of benzene rings is 2. The van der Waals surface area contributed by atoms with Crippen LogP contribution in [0.25, 0.3) is 11.0 Å². The summed E-state index contributed by atoms with van der Waals surface area (Å²) >= 11 is 0. The molecule has 3 aliphatic rings. The summed E-state index contributed by atoms with van der Waals surface area (Å²) in [5.41, 5.74) is -0.335. The topological polar surface area (TPSA) is 97.1 Å². The Bertz CT molecular complexity index is 1490. The zero-order valence-electron chi connectivity index (χ0n) is 20.8. The molecule has 2 amide bonds. The van der Waals surface area contributed by atoms with Gasteiger partial charge in [0.2, 0.25) is 0 Å². The van der Waals surface area contributed by atoms with Crippen molar-refractivity contribution in [2.75, 3.05) is 24.6 Å². The lowest BCUT2D eigenvalue weighted by molar-refractivity contribution is -0.148. The van der Waals surface area contributed by atoms with Crippen molar-refractivity contribution < 1.29 is 23.5 Å². The van der Waals surface area contributed by atoms with Crippen LogP contribution in [-0.2, 0) is 14.3 Å². The van der Waals surface area contributed by atoms with E-state index in [1.54, 1.807) is 43.0 Å². The van der Waals surface area contributed by atoms with Gasteiger partial charge in [-0.1, -0.05) is 36.4 Å². The molecule has 2 aromatic carbocycles. The quantitative estimate of drug-likeness (QED) is 0.391. The highest BCUT2D eigenvalue weighted by molar-refractivity contribution is 6.09. The smallest absolute Gasteiger partial charge is 0.349 e. The van der Waals surface area contributed by atoms with E-state index in [9.17, 15) is 19.2 Å². The van der Waals surface area contributed by atoms with Gasteiger partial charge in [0.15, 0.2) is 0 Å². The number of nitrogens with zero attached hydrogens (tertiary/aromatic N) is 2. The van der Waals surface area contributed by atoms with Crippen LogP contribution in [0.3, 0.4) is 0 Å². The molecule has 1 saturated carbocycles. The highest BCUT2D eigenvalue weighted by Gasteiger charge is 2.64. The maximum absolute atomic E-state index is 14.3. The SMILES string of the molecule is CCOC(=O)[C@H]1CN(C(=O)c2cc3ccccc3oc2=O)[C@]2(C)C(=O)N(CC3CC3)c3ccccc3[C@H]12. The second-order valence-corrected chi connectivity index (χ2v) is 10.3. The fraction of sp³-hybridized carbons (Fsp3) is 0.379. The van der Waals surface area contributed by atoms with Crippen LogP contribution >= 0.6 is 0 Å². The number of hydrogen-bond donors (Lipinski definition) is 0. The molecule has 6 rings (SSSR count). The summed E-state index contributed by atoms with van der Waals surface area (Å²) in [5.74, 6) is -2.28. The first-order valence-corrected chi connectivity index (χ1v) is 12.8. The molecule has 0 bridgehead atoms. The van der Waals surface area contributed by atoms with Crippen molar-refractivity contribution >= 4 is 34.4 Å². The lowest BCUT2D eigenvalue weighted by atomic mass is 9.72.